The van der Waals surface area contributed by atoms with Gasteiger partial charge >= 0.3 is 0 Å². The molecule has 0 saturated heterocycles. The van der Waals surface area contributed by atoms with Crippen molar-refractivity contribution >= 4 is 34.1 Å². The number of nitrogens with zero attached hydrogens (tertiary/aromatic N) is 1. The summed E-state index contributed by atoms with van der Waals surface area (Å²) in [6.45, 7) is 0. The normalized spacial score (nSPS) is 10.8. The van der Waals surface area contributed by atoms with Crippen molar-refractivity contribution in [1.82, 2.24) is 0 Å². The van der Waals surface area contributed by atoms with E-state index < -0.39 is 4.92 Å². The van der Waals surface area contributed by atoms with Crippen LogP contribution in [0.5, 0.6) is 5.75 Å². The van der Waals surface area contributed by atoms with E-state index in [0.717, 1.165) is 16.5 Å². The van der Waals surface area contributed by atoms with Gasteiger partial charge in [0.1, 0.15) is 5.75 Å². The van der Waals surface area contributed by atoms with E-state index in [1.165, 1.54) is 18.2 Å². The number of methoxy groups -OCH3 is 1. The Kier molecular flexibility index (Phi) is 4.94. The minimum absolute atomic E-state index is 0.0105. The smallest absolute Gasteiger partial charge is 0.269 e. The Labute approximate surface area is 149 Å². The Hall–Kier alpha value is -3.67. The number of ether oxygens (including phenoxy) is 1. The molecular formula is C20H16N2O4. The average Bonchev–Trinajstić information content (AvgIpc) is 2.67. The van der Waals surface area contributed by atoms with Crippen molar-refractivity contribution in [2.24, 2.45) is 0 Å². The molecular weight excluding hydrogens is 332 g/mol. The van der Waals surface area contributed by atoms with Crippen LogP contribution in [-0.4, -0.2) is 17.9 Å². The maximum atomic E-state index is 12.2. The van der Waals surface area contributed by atoms with E-state index in [0.29, 0.717) is 11.3 Å². The number of nitro groups is 1. The second-order valence-corrected chi connectivity index (χ2v) is 5.53. The van der Waals surface area contributed by atoms with Crippen molar-refractivity contribution < 1.29 is 14.5 Å². The molecule has 0 unspecified atom stereocenters. The number of anilines is 1. The van der Waals surface area contributed by atoms with Gasteiger partial charge in [0.25, 0.3) is 5.69 Å². The van der Waals surface area contributed by atoms with Gasteiger partial charge in [0, 0.05) is 34.7 Å². The fourth-order valence-corrected chi connectivity index (χ4v) is 2.61. The highest BCUT2D eigenvalue weighted by molar-refractivity contribution is 6.08. The maximum absolute atomic E-state index is 12.2. The van der Waals surface area contributed by atoms with Gasteiger partial charge in [0.15, 0.2) is 0 Å². The number of benzene rings is 3. The molecule has 26 heavy (non-hydrogen) atoms. The predicted molar refractivity (Wildman–Crippen MR) is 101 cm³/mol. The molecule has 0 bridgehead atoms. The lowest BCUT2D eigenvalue weighted by Crippen LogP contribution is -2.08. The maximum Gasteiger partial charge on any atom is 0.269 e. The Morgan fingerprint density at radius 1 is 1.04 bits per heavy atom. The number of carbonyl (C=O) groups excluding carboxylic acids is 1. The molecule has 130 valence electrons. The molecule has 3 aromatic rings. The van der Waals surface area contributed by atoms with Crippen molar-refractivity contribution in [3.63, 3.8) is 0 Å². The summed E-state index contributed by atoms with van der Waals surface area (Å²) >= 11 is 0. The van der Waals surface area contributed by atoms with Gasteiger partial charge in [0.2, 0.25) is 5.91 Å². The first-order chi connectivity index (χ1) is 12.6. The molecule has 0 saturated carbocycles. The molecule has 0 spiro atoms. The summed E-state index contributed by atoms with van der Waals surface area (Å²) in [7, 11) is 1.60. The van der Waals surface area contributed by atoms with Crippen molar-refractivity contribution in [2.45, 2.75) is 0 Å². The third-order valence-electron chi connectivity index (χ3n) is 3.89. The Morgan fingerprint density at radius 2 is 1.73 bits per heavy atom. The van der Waals surface area contributed by atoms with Gasteiger partial charge < -0.3 is 10.1 Å². The van der Waals surface area contributed by atoms with Crippen LogP contribution in [0, 0.1) is 10.1 Å². The summed E-state index contributed by atoms with van der Waals surface area (Å²) in [4.78, 5) is 22.4. The molecule has 3 rings (SSSR count). The average molecular weight is 348 g/mol. The van der Waals surface area contributed by atoms with E-state index in [9.17, 15) is 14.9 Å². The summed E-state index contributed by atoms with van der Waals surface area (Å²) in [5.74, 6) is 0.443. The van der Waals surface area contributed by atoms with Gasteiger partial charge in [-0.1, -0.05) is 24.3 Å². The van der Waals surface area contributed by atoms with Gasteiger partial charge in [-0.25, -0.2) is 0 Å². The molecule has 6 nitrogen and oxygen atoms in total. The zero-order valence-corrected chi connectivity index (χ0v) is 14.0. The first kappa shape index (κ1) is 17.2. The van der Waals surface area contributed by atoms with Crippen LogP contribution in [0.25, 0.3) is 16.8 Å². The predicted octanol–water partition coefficient (Wildman–Crippen LogP) is 4.41. The summed E-state index contributed by atoms with van der Waals surface area (Å²) in [5, 5.41) is 15.3. The van der Waals surface area contributed by atoms with Crippen LogP contribution in [0.2, 0.25) is 0 Å². The van der Waals surface area contributed by atoms with Crippen molar-refractivity contribution in [3.8, 4) is 5.75 Å². The molecule has 0 heterocycles. The SMILES string of the molecule is COc1ccc(NC(=O)/C=C/c2ccc([N+](=O)[O-])cc2)c2ccccc12. The Morgan fingerprint density at radius 3 is 2.38 bits per heavy atom. The number of rotatable bonds is 5. The molecule has 6 heteroatoms. The molecule has 0 atom stereocenters. The highest BCUT2D eigenvalue weighted by Crippen LogP contribution is 2.31. The van der Waals surface area contributed by atoms with Gasteiger partial charge in [0.05, 0.1) is 12.0 Å². The van der Waals surface area contributed by atoms with Crippen LogP contribution in [-0.2, 0) is 4.79 Å². The second-order valence-electron chi connectivity index (χ2n) is 5.53. The van der Waals surface area contributed by atoms with E-state index in [-0.39, 0.29) is 11.6 Å². The molecule has 0 aliphatic heterocycles. The number of hydrogen-bond acceptors (Lipinski definition) is 4. The second kappa shape index (κ2) is 7.48. The molecule has 1 amide bonds. The first-order valence-electron chi connectivity index (χ1n) is 7.88. The number of nitro benzene ring substituents is 1. The van der Waals surface area contributed by atoms with Crippen LogP contribution in [0.1, 0.15) is 5.56 Å². The highest BCUT2D eigenvalue weighted by Gasteiger charge is 2.08. The standard InChI is InChI=1S/C20H16N2O4/c1-26-19-12-11-18(16-4-2-3-5-17(16)19)21-20(23)13-8-14-6-9-15(10-7-14)22(24)25/h2-13H,1H3,(H,21,23)/b13-8+. The lowest BCUT2D eigenvalue weighted by atomic mass is 10.1. The summed E-state index contributed by atoms with van der Waals surface area (Å²) in [6.07, 6.45) is 2.99. The lowest BCUT2D eigenvalue weighted by Gasteiger charge is -2.10. The fraction of sp³-hybridized carbons (Fsp3) is 0.0500. The Balaban J connectivity index is 1.78. The summed E-state index contributed by atoms with van der Waals surface area (Å²) in [6, 6.07) is 17.2. The third kappa shape index (κ3) is 3.70. The van der Waals surface area contributed by atoms with Gasteiger partial charge in [-0.15, -0.1) is 0 Å². The van der Waals surface area contributed by atoms with Crippen molar-refractivity contribution in [3.05, 3.63) is 82.4 Å². The summed E-state index contributed by atoms with van der Waals surface area (Å²) in [5.41, 5.74) is 1.39. The monoisotopic (exact) mass is 348 g/mol. The van der Waals surface area contributed by atoms with Crippen LogP contribution < -0.4 is 10.1 Å². The van der Waals surface area contributed by atoms with Gasteiger partial charge in [-0.2, -0.15) is 0 Å². The number of fused-ring (bicyclic) bond motifs is 1. The van der Waals surface area contributed by atoms with E-state index in [1.807, 2.05) is 24.3 Å². The van der Waals surface area contributed by atoms with Crippen LogP contribution in [0.4, 0.5) is 11.4 Å². The van der Waals surface area contributed by atoms with Gasteiger partial charge in [-0.3, -0.25) is 14.9 Å². The van der Waals surface area contributed by atoms with E-state index in [1.54, 1.807) is 37.5 Å². The number of hydrogen-bond donors (Lipinski definition) is 1. The molecule has 0 aromatic heterocycles. The fourth-order valence-electron chi connectivity index (χ4n) is 2.61. The largest absolute Gasteiger partial charge is 0.496 e. The number of amides is 1. The van der Waals surface area contributed by atoms with E-state index >= 15 is 0 Å². The quantitative estimate of drug-likeness (QED) is 0.421. The molecule has 0 fully saturated rings. The van der Waals surface area contributed by atoms with E-state index in [2.05, 4.69) is 5.32 Å². The minimum atomic E-state index is -0.463. The number of nitrogens with one attached hydrogen (secondary N) is 1. The molecule has 0 aliphatic rings. The van der Waals surface area contributed by atoms with Crippen LogP contribution >= 0.6 is 0 Å². The lowest BCUT2D eigenvalue weighted by molar-refractivity contribution is -0.384. The van der Waals surface area contributed by atoms with Crippen molar-refractivity contribution in [2.75, 3.05) is 12.4 Å². The summed E-state index contributed by atoms with van der Waals surface area (Å²) < 4.78 is 5.34. The topological polar surface area (TPSA) is 81.5 Å². The first-order valence-corrected chi connectivity index (χ1v) is 7.88. The Bertz CT molecular complexity index is 994. The zero-order valence-electron chi connectivity index (χ0n) is 14.0. The molecule has 1 N–H and O–H groups in total. The van der Waals surface area contributed by atoms with Crippen molar-refractivity contribution in [1.29, 1.82) is 0 Å². The number of carbonyl (C=O) groups is 1. The number of non-ortho nitro benzene ring substituents is 1. The third-order valence-corrected chi connectivity index (χ3v) is 3.89. The molecule has 0 radical (unpaired) electrons. The minimum Gasteiger partial charge on any atom is -0.496 e. The zero-order chi connectivity index (χ0) is 18.5. The molecule has 0 aliphatic carbocycles. The molecule has 3 aromatic carbocycles. The van der Waals surface area contributed by atoms with Gasteiger partial charge in [-0.05, 0) is 35.9 Å². The van der Waals surface area contributed by atoms with E-state index in [4.69, 9.17) is 4.74 Å². The van der Waals surface area contributed by atoms with Crippen LogP contribution in [0.3, 0.4) is 0 Å². The highest BCUT2D eigenvalue weighted by atomic mass is 16.6. The van der Waals surface area contributed by atoms with Crippen LogP contribution in [0.15, 0.2) is 66.7 Å².